The molecule has 1 saturated heterocycles. The Bertz CT molecular complexity index is 647. The fraction of sp³-hybridized carbons (Fsp3) is 0.467. The molecule has 0 radical (unpaired) electrons. The molecule has 0 bridgehead atoms. The van der Waals surface area contributed by atoms with Crippen LogP contribution in [-0.2, 0) is 17.7 Å². The van der Waals surface area contributed by atoms with E-state index in [-0.39, 0.29) is 6.10 Å². The molecule has 0 amide bonds. The molecular formula is C15H17Cl2N3O2. The molecule has 1 fully saturated rings. The zero-order chi connectivity index (χ0) is 15.5. The molecule has 1 aliphatic rings. The molecule has 7 heteroatoms. The number of benzene rings is 1. The van der Waals surface area contributed by atoms with Gasteiger partial charge in [0, 0.05) is 19.5 Å². The first-order chi connectivity index (χ1) is 10.7. The number of rotatable bonds is 4. The maximum Gasteiger partial charge on any atom is 0.230 e. The fourth-order valence-electron chi connectivity index (χ4n) is 2.45. The lowest BCUT2D eigenvalue weighted by atomic mass is 10.1. The van der Waals surface area contributed by atoms with Crippen LogP contribution in [0.4, 0.5) is 0 Å². The average Bonchev–Trinajstić information content (AvgIpc) is 2.98. The second kappa shape index (κ2) is 6.96. The summed E-state index contributed by atoms with van der Waals surface area (Å²) in [6, 6.07) is 5.61. The first-order valence-electron chi connectivity index (χ1n) is 7.26. The number of morpholine rings is 1. The molecule has 0 spiro atoms. The van der Waals surface area contributed by atoms with E-state index in [1.807, 2.05) is 19.1 Å². The lowest BCUT2D eigenvalue weighted by molar-refractivity contribution is -0.0352. The fourth-order valence-corrected chi connectivity index (χ4v) is 2.75. The Labute approximate surface area is 139 Å². The number of aryl methyl sites for hydroxylation is 1. The largest absolute Gasteiger partial charge is 0.424 e. The van der Waals surface area contributed by atoms with Crippen molar-refractivity contribution in [2.45, 2.75) is 26.0 Å². The molecule has 3 rings (SSSR count). The number of aromatic nitrogens is 2. The first kappa shape index (κ1) is 15.7. The van der Waals surface area contributed by atoms with E-state index < -0.39 is 0 Å². The van der Waals surface area contributed by atoms with Crippen molar-refractivity contribution < 1.29 is 9.15 Å². The molecule has 1 aliphatic heterocycles. The van der Waals surface area contributed by atoms with Crippen LogP contribution in [0.25, 0.3) is 0 Å². The second-order valence-electron chi connectivity index (χ2n) is 5.21. The predicted molar refractivity (Wildman–Crippen MR) is 84.1 cm³/mol. The molecule has 22 heavy (non-hydrogen) atoms. The summed E-state index contributed by atoms with van der Waals surface area (Å²) in [6.45, 7) is 4.86. The molecule has 1 aromatic carbocycles. The normalized spacial score (nSPS) is 19.5. The van der Waals surface area contributed by atoms with Gasteiger partial charge in [-0.15, -0.1) is 10.2 Å². The summed E-state index contributed by atoms with van der Waals surface area (Å²) in [5, 5.41) is 9.16. The minimum atomic E-state index is -0.0305. The quantitative estimate of drug-likeness (QED) is 0.851. The van der Waals surface area contributed by atoms with Crippen molar-refractivity contribution >= 4 is 23.2 Å². The van der Waals surface area contributed by atoms with Crippen molar-refractivity contribution in [2.75, 3.05) is 19.7 Å². The third-order valence-electron chi connectivity index (χ3n) is 3.64. The van der Waals surface area contributed by atoms with Gasteiger partial charge in [0.05, 0.1) is 29.3 Å². The van der Waals surface area contributed by atoms with E-state index in [2.05, 4.69) is 15.1 Å². The first-order valence-corrected chi connectivity index (χ1v) is 8.01. The van der Waals surface area contributed by atoms with Crippen LogP contribution in [0.15, 0.2) is 22.6 Å². The summed E-state index contributed by atoms with van der Waals surface area (Å²) in [6.07, 6.45) is 0.722. The Morgan fingerprint density at radius 1 is 1.23 bits per heavy atom. The number of hydrogen-bond donors (Lipinski definition) is 0. The molecule has 2 aromatic rings. The highest BCUT2D eigenvalue weighted by atomic mass is 35.5. The van der Waals surface area contributed by atoms with Gasteiger partial charge >= 0.3 is 0 Å². The zero-order valence-corrected chi connectivity index (χ0v) is 13.8. The number of hydrogen-bond acceptors (Lipinski definition) is 5. The van der Waals surface area contributed by atoms with Crippen molar-refractivity contribution in [3.8, 4) is 0 Å². The lowest BCUT2D eigenvalue weighted by Crippen LogP contribution is -2.37. The molecule has 5 nitrogen and oxygen atoms in total. The van der Waals surface area contributed by atoms with Crippen LogP contribution in [0.5, 0.6) is 0 Å². The van der Waals surface area contributed by atoms with E-state index in [0.717, 1.165) is 25.1 Å². The molecule has 118 valence electrons. The summed E-state index contributed by atoms with van der Waals surface area (Å²) < 4.78 is 11.4. The van der Waals surface area contributed by atoms with Crippen LogP contribution < -0.4 is 0 Å². The van der Waals surface area contributed by atoms with E-state index in [9.17, 15) is 0 Å². The minimum Gasteiger partial charge on any atom is -0.424 e. The van der Waals surface area contributed by atoms with E-state index in [4.69, 9.17) is 32.4 Å². The van der Waals surface area contributed by atoms with Crippen LogP contribution in [0.3, 0.4) is 0 Å². The SMILES string of the molecule is CCc1nnc(CN2CCO[C@@H](c3ccc(Cl)c(Cl)c3)C2)o1. The third kappa shape index (κ3) is 3.60. The third-order valence-corrected chi connectivity index (χ3v) is 4.38. The molecule has 0 N–H and O–H groups in total. The zero-order valence-electron chi connectivity index (χ0n) is 12.3. The van der Waals surface area contributed by atoms with Crippen LogP contribution in [0.1, 0.15) is 30.4 Å². The van der Waals surface area contributed by atoms with Crippen LogP contribution >= 0.6 is 23.2 Å². The van der Waals surface area contributed by atoms with E-state index >= 15 is 0 Å². The van der Waals surface area contributed by atoms with Gasteiger partial charge in [-0.25, -0.2) is 0 Å². The molecule has 0 aliphatic carbocycles. The molecule has 0 saturated carbocycles. The van der Waals surface area contributed by atoms with E-state index in [1.54, 1.807) is 6.07 Å². The highest BCUT2D eigenvalue weighted by Gasteiger charge is 2.24. The Morgan fingerprint density at radius 3 is 2.77 bits per heavy atom. The molecule has 0 unspecified atom stereocenters. The van der Waals surface area contributed by atoms with Gasteiger partial charge in [-0.1, -0.05) is 36.2 Å². The summed E-state index contributed by atoms with van der Waals surface area (Å²) in [4.78, 5) is 2.24. The van der Waals surface area contributed by atoms with Crippen molar-refractivity contribution in [2.24, 2.45) is 0 Å². The van der Waals surface area contributed by atoms with Gasteiger partial charge < -0.3 is 9.15 Å². The van der Waals surface area contributed by atoms with Crippen LogP contribution in [0, 0.1) is 0 Å². The van der Waals surface area contributed by atoms with Gasteiger partial charge in [0.2, 0.25) is 11.8 Å². The molecule has 1 aromatic heterocycles. The number of halogens is 2. The van der Waals surface area contributed by atoms with Crippen LogP contribution in [-0.4, -0.2) is 34.8 Å². The topological polar surface area (TPSA) is 51.4 Å². The van der Waals surface area contributed by atoms with E-state index in [1.165, 1.54) is 0 Å². The number of ether oxygens (including phenoxy) is 1. The van der Waals surface area contributed by atoms with Gasteiger partial charge in [-0.2, -0.15) is 0 Å². The van der Waals surface area contributed by atoms with Crippen molar-refractivity contribution in [3.05, 3.63) is 45.6 Å². The maximum atomic E-state index is 6.08. The highest BCUT2D eigenvalue weighted by molar-refractivity contribution is 6.42. The predicted octanol–water partition coefficient (Wildman–Crippen LogP) is 3.51. The summed E-state index contributed by atoms with van der Waals surface area (Å²) in [5.74, 6) is 1.32. The monoisotopic (exact) mass is 341 g/mol. The molecule has 1 atom stereocenters. The van der Waals surface area contributed by atoms with E-state index in [0.29, 0.717) is 35.0 Å². The van der Waals surface area contributed by atoms with Crippen LogP contribution in [0.2, 0.25) is 10.0 Å². The summed E-state index contributed by atoms with van der Waals surface area (Å²) >= 11 is 12.0. The van der Waals surface area contributed by atoms with Gasteiger partial charge in [0.1, 0.15) is 0 Å². The summed E-state index contributed by atoms with van der Waals surface area (Å²) in [5.41, 5.74) is 1.03. The lowest BCUT2D eigenvalue weighted by Gasteiger charge is -2.32. The highest BCUT2D eigenvalue weighted by Crippen LogP contribution is 2.29. The van der Waals surface area contributed by atoms with Crippen molar-refractivity contribution in [1.29, 1.82) is 0 Å². The van der Waals surface area contributed by atoms with Gasteiger partial charge in [-0.3, -0.25) is 4.90 Å². The van der Waals surface area contributed by atoms with Crippen molar-refractivity contribution in [3.63, 3.8) is 0 Å². The second-order valence-corrected chi connectivity index (χ2v) is 6.03. The Hall–Kier alpha value is -1.14. The Kier molecular flexibility index (Phi) is 4.98. The van der Waals surface area contributed by atoms with Gasteiger partial charge in [0.15, 0.2) is 0 Å². The smallest absolute Gasteiger partial charge is 0.230 e. The minimum absolute atomic E-state index is 0.0305. The Morgan fingerprint density at radius 2 is 2.05 bits per heavy atom. The van der Waals surface area contributed by atoms with Gasteiger partial charge in [0.25, 0.3) is 0 Å². The molecular weight excluding hydrogens is 325 g/mol. The number of nitrogens with zero attached hydrogens (tertiary/aromatic N) is 3. The molecule has 2 heterocycles. The average molecular weight is 342 g/mol. The van der Waals surface area contributed by atoms with Gasteiger partial charge in [-0.05, 0) is 17.7 Å². The summed E-state index contributed by atoms with van der Waals surface area (Å²) in [7, 11) is 0. The Balaban J connectivity index is 1.67. The maximum absolute atomic E-state index is 6.08. The standard InChI is InChI=1S/C15H17Cl2N3O2/c1-2-14-18-19-15(22-14)9-20-5-6-21-13(8-20)10-3-4-11(16)12(17)7-10/h3-4,7,13H,2,5-6,8-9H2,1H3/t13-/m1/s1. The van der Waals surface area contributed by atoms with Crippen molar-refractivity contribution in [1.82, 2.24) is 15.1 Å².